The Morgan fingerprint density at radius 2 is 1.03 bits per heavy atom. The Kier molecular flexibility index (Phi) is 15.5. The second-order valence-corrected chi connectivity index (χ2v) is 18.0. The van der Waals surface area contributed by atoms with Gasteiger partial charge in [0.2, 0.25) is 0 Å². The molecule has 2 N–H and O–H groups in total. The third-order valence-corrected chi connectivity index (χ3v) is 14.1. The summed E-state index contributed by atoms with van der Waals surface area (Å²) in [6.07, 6.45) is 5.88. The van der Waals surface area contributed by atoms with Gasteiger partial charge in [-0.25, -0.2) is 0 Å². The molecule has 0 aliphatic carbocycles. The van der Waals surface area contributed by atoms with E-state index in [0.29, 0.717) is 0 Å². The topological polar surface area (TPSA) is 24.1 Å². The molecule has 0 amide bonds. The van der Waals surface area contributed by atoms with Crippen LogP contribution in [0.25, 0.3) is 0 Å². The SMILES string of the molecule is CNCCNC.C[C@H]1CC[C@H](C)[PH+]1c1ccccc1[PH+]1[C@@H](C)CC[C@@H]1C.[Cl][Ru+2][Cl]. The number of halogens is 2. The van der Waals surface area contributed by atoms with Crippen molar-refractivity contribution >= 4 is 45.8 Å². The van der Waals surface area contributed by atoms with E-state index in [2.05, 4.69) is 62.6 Å². The molecule has 168 valence electrons. The molecule has 2 saturated heterocycles. The fraction of sp³-hybridized carbons (Fsp3) is 0.727. The zero-order chi connectivity index (χ0) is 21.8. The van der Waals surface area contributed by atoms with E-state index in [-0.39, 0.29) is 31.0 Å². The summed E-state index contributed by atoms with van der Waals surface area (Å²) in [5, 5.41) is 9.69. The van der Waals surface area contributed by atoms with Crippen molar-refractivity contribution in [3.05, 3.63) is 24.3 Å². The first-order chi connectivity index (χ1) is 13.9. The summed E-state index contributed by atoms with van der Waals surface area (Å²) in [6.45, 7) is 12.2. The van der Waals surface area contributed by atoms with Gasteiger partial charge in [-0.1, -0.05) is 12.1 Å². The van der Waals surface area contributed by atoms with Crippen molar-refractivity contribution in [1.82, 2.24) is 10.6 Å². The maximum atomic E-state index is 4.85. The molecule has 29 heavy (non-hydrogen) atoms. The summed E-state index contributed by atoms with van der Waals surface area (Å²) in [5.41, 5.74) is 3.91. The van der Waals surface area contributed by atoms with Crippen molar-refractivity contribution in [3.63, 3.8) is 0 Å². The van der Waals surface area contributed by atoms with Gasteiger partial charge in [0.1, 0.15) is 10.6 Å². The minimum atomic E-state index is -0.346. The Morgan fingerprint density at radius 3 is 1.28 bits per heavy atom. The molecule has 1 aromatic rings. The van der Waals surface area contributed by atoms with Crippen LogP contribution in [-0.2, 0) is 15.1 Å². The molecule has 0 bridgehead atoms. The summed E-state index contributed by atoms with van der Waals surface area (Å²) in [5.74, 6) is 0. The molecule has 2 fully saturated rings. The van der Waals surface area contributed by atoms with E-state index in [1.54, 1.807) is 0 Å². The molecule has 2 heterocycles. The summed E-state index contributed by atoms with van der Waals surface area (Å²) in [4.78, 5) is 0. The number of hydrogen-bond acceptors (Lipinski definition) is 2. The van der Waals surface area contributed by atoms with Gasteiger partial charge in [-0.15, -0.1) is 0 Å². The Labute approximate surface area is 198 Å². The number of benzene rings is 1. The molecule has 1 aromatic carbocycles. The number of rotatable bonds is 5. The summed E-state index contributed by atoms with van der Waals surface area (Å²) >= 11 is -0.346. The maximum absolute atomic E-state index is 4.85. The Hall–Kier alpha value is 1.20. The molecule has 2 nitrogen and oxygen atoms in total. The number of likely N-dealkylation sites (N-methyl/N-ethyl adjacent to an activating group) is 2. The monoisotopic (exact) mass is 568 g/mol. The molecule has 7 heteroatoms. The summed E-state index contributed by atoms with van der Waals surface area (Å²) in [7, 11) is 12.9. The Balaban J connectivity index is 0.000000397. The van der Waals surface area contributed by atoms with Gasteiger partial charge in [0.05, 0.1) is 22.6 Å². The van der Waals surface area contributed by atoms with Crippen molar-refractivity contribution in [1.29, 1.82) is 0 Å². The molecule has 0 radical (unpaired) electrons. The van der Waals surface area contributed by atoms with E-state index in [4.69, 9.17) is 19.4 Å². The third kappa shape index (κ3) is 8.93. The van der Waals surface area contributed by atoms with Crippen LogP contribution in [0.5, 0.6) is 0 Å². The van der Waals surface area contributed by atoms with Crippen LogP contribution in [0.3, 0.4) is 0 Å². The van der Waals surface area contributed by atoms with E-state index < -0.39 is 0 Å². The van der Waals surface area contributed by atoms with E-state index >= 15 is 0 Å². The zero-order valence-corrected chi connectivity index (χ0v) is 24.2. The van der Waals surface area contributed by atoms with Crippen LogP contribution in [0.2, 0.25) is 0 Å². The van der Waals surface area contributed by atoms with Crippen molar-refractivity contribution in [2.75, 3.05) is 27.2 Å². The number of hydrogen-bond donors (Lipinski definition) is 2. The van der Waals surface area contributed by atoms with Gasteiger partial charge >= 0.3 is 34.5 Å². The van der Waals surface area contributed by atoms with Gasteiger partial charge in [-0.05, 0) is 79.6 Å². The van der Waals surface area contributed by atoms with Gasteiger partial charge in [0, 0.05) is 28.9 Å². The van der Waals surface area contributed by atoms with Gasteiger partial charge in [-0.3, -0.25) is 0 Å². The van der Waals surface area contributed by atoms with E-state index in [1.165, 1.54) is 25.7 Å². The van der Waals surface area contributed by atoms with Crippen LogP contribution in [-0.4, -0.2) is 49.8 Å². The standard InChI is InChI=1S/C18H28P2.C4H12N2.2ClH.Ru/c1-13-9-10-14(2)19(13)17-7-5-6-8-18(17)20-15(3)11-12-16(20)4;1-5-3-4-6-2;;;/h5-8,13-16H,9-12H2,1-4H3;5-6H,3-4H2,1-2H3;2*1H;/q;;;;+4/t13-,14-,15-,16-;;;;/m0..../s1. The zero-order valence-electron chi connectivity index (χ0n) is 19.0. The fourth-order valence-electron chi connectivity index (χ4n) is 4.89. The van der Waals surface area contributed by atoms with E-state index in [0.717, 1.165) is 35.7 Å². The molecule has 0 spiro atoms. The predicted molar refractivity (Wildman–Crippen MR) is 138 cm³/mol. The Bertz CT molecular complexity index is 500. The van der Waals surface area contributed by atoms with Crippen LogP contribution in [0, 0.1) is 0 Å². The summed E-state index contributed by atoms with van der Waals surface area (Å²) < 4.78 is 0. The first kappa shape index (κ1) is 28.2. The van der Waals surface area contributed by atoms with Crippen molar-refractivity contribution in [3.8, 4) is 0 Å². The normalized spacial score (nSPS) is 27.2. The van der Waals surface area contributed by atoms with Crippen LogP contribution < -0.4 is 21.2 Å². The van der Waals surface area contributed by atoms with Crippen molar-refractivity contribution in [2.24, 2.45) is 0 Å². The first-order valence-corrected chi connectivity index (χ1v) is 18.7. The van der Waals surface area contributed by atoms with E-state index in [9.17, 15) is 0 Å². The number of nitrogens with one attached hydrogen (secondary N) is 2. The second-order valence-electron chi connectivity index (χ2n) is 8.47. The van der Waals surface area contributed by atoms with E-state index in [1.807, 2.05) is 24.7 Å². The van der Waals surface area contributed by atoms with Crippen LogP contribution >= 0.6 is 35.2 Å². The molecule has 2 aliphatic heterocycles. The van der Waals surface area contributed by atoms with Crippen molar-refractivity contribution < 1.29 is 15.1 Å². The van der Waals surface area contributed by atoms with Crippen LogP contribution in [0.15, 0.2) is 24.3 Å². The predicted octanol–water partition coefficient (Wildman–Crippen LogP) is 5.31. The molecule has 4 atom stereocenters. The first-order valence-electron chi connectivity index (χ1n) is 10.9. The molecular formula is C22H42Cl2N2P2Ru+4. The average Bonchev–Trinajstić information content (AvgIpc) is 3.22. The van der Waals surface area contributed by atoms with Gasteiger partial charge in [0.15, 0.2) is 0 Å². The average molecular weight is 569 g/mol. The minimum absolute atomic E-state index is 0.332. The molecule has 0 saturated carbocycles. The van der Waals surface area contributed by atoms with Crippen LogP contribution in [0.4, 0.5) is 0 Å². The molecule has 0 unspecified atom stereocenters. The summed E-state index contributed by atoms with van der Waals surface area (Å²) in [6, 6.07) is 9.64. The second kappa shape index (κ2) is 15.9. The van der Waals surface area contributed by atoms with Gasteiger partial charge in [-0.2, -0.15) is 0 Å². The quantitative estimate of drug-likeness (QED) is 0.286. The van der Waals surface area contributed by atoms with Crippen LogP contribution in [0.1, 0.15) is 53.4 Å². The molecular weight excluding hydrogens is 526 g/mol. The molecule has 2 aliphatic rings. The molecule has 3 rings (SSSR count). The third-order valence-electron chi connectivity index (χ3n) is 6.36. The fourth-order valence-corrected chi connectivity index (χ4v) is 13.1. The van der Waals surface area contributed by atoms with Gasteiger partial charge in [0.25, 0.3) is 0 Å². The van der Waals surface area contributed by atoms with Gasteiger partial charge < -0.3 is 10.6 Å². The van der Waals surface area contributed by atoms with Crippen molar-refractivity contribution in [2.45, 2.75) is 76.0 Å². The Morgan fingerprint density at radius 1 is 0.759 bits per heavy atom. The molecule has 0 aromatic heterocycles.